The lowest BCUT2D eigenvalue weighted by atomic mass is 9.83. The Kier molecular flexibility index (Phi) is 31.5. The van der Waals surface area contributed by atoms with Crippen LogP contribution in [0.15, 0.2) is 24.3 Å². The number of esters is 2. The number of allylic oxidation sites excluding steroid dienone is 2. The van der Waals surface area contributed by atoms with Gasteiger partial charge in [0.05, 0.1) is 36.9 Å². The third-order valence-corrected chi connectivity index (χ3v) is 13.9. The number of fused-ring (bicyclic) bond motifs is 4. The van der Waals surface area contributed by atoms with Gasteiger partial charge in [0.2, 0.25) is 0 Å². The SMILES string of the molecule is CCCCCCCCCCCCCCCCCC(=O)O[C@@H]1COC(=O)CCC/C=C\C[C@@H]2[C@@H](O)[C@H](O)[C@@H](O)[C@H](OP(=O)(O)OC1)[C@H](OP(=O)(O)O)[C@H](O)[C@@H](/C=C/[C@@H](O)CCCCC)C(=O)C[C@@H]2O. The molecule has 1 saturated carbocycles. The van der Waals surface area contributed by atoms with E-state index in [2.05, 4.69) is 6.92 Å². The molecule has 0 aromatic carbocycles. The highest BCUT2D eigenvalue weighted by Gasteiger charge is 2.51. The van der Waals surface area contributed by atoms with Crippen molar-refractivity contribution in [2.75, 3.05) is 13.2 Å². The molecule has 0 aromatic rings. The molecule has 1 heterocycles. The fourth-order valence-corrected chi connectivity index (χ4v) is 9.91. The van der Waals surface area contributed by atoms with Crippen LogP contribution in [-0.4, -0.2) is 131 Å². The number of rotatable bonds is 25. The lowest BCUT2D eigenvalue weighted by Gasteiger charge is -2.38. The number of ketones is 1. The number of aliphatic hydroxyl groups excluding tert-OH is 6. The predicted octanol–water partition coefficient (Wildman–Crippen LogP) is 6.32. The van der Waals surface area contributed by atoms with E-state index < -0.39 is 120 Å². The van der Waals surface area contributed by atoms with E-state index in [1.807, 2.05) is 6.92 Å². The molecule has 0 spiro atoms. The van der Waals surface area contributed by atoms with Gasteiger partial charge in [0.1, 0.15) is 36.8 Å². The Balaban J connectivity index is 2.33. The second-order valence-corrected chi connectivity index (χ2v) is 20.9. The first kappa shape index (κ1) is 62.2. The summed E-state index contributed by atoms with van der Waals surface area (Å²) in [5.74, 6) is -5.79. The van der Waals surface area contributed by atoms with Crippen molar-refractivity contribution in [3.8, 4) is 0 Å². The molecule has 19 nitrogen and oxygen atoms in total. The van der Waals surface area contributed by atoms with Gasteiger partial charge < -0.3 is 54.8 Å². The van der Waals surface area contributed by atoms with Gasteiger partial charge in [-0.2, -0.15) is 0 Å². The largest absolute Gasteiger partial charge is 0.472 e. The second kappa shape index (κ2) is 34.4. The number of cyclic esters (lactones) is 1. The number of Topliss-reactive ketones (excluding diaryl/α,β-unsaturated/α-hetero) is 1. The summed E-state index contributed by atoms with van der Waals surface area (Å²) >= 11 is 0. The van der Waals surface area contributed by atoms with Crippen LogP contribution in [0, 0.1) is 11.8 Å². The highest BCUT2D eigenvalue weighted by atomic mass is 31.2. The maximum atomic E-state index is 13.9. The molecule has 68 heavy (non-hydrogen) atoms. The molecule has 12 atom stereocenters. The third-order valence-electron chi connectivity index (χ3n) is 12.4. The monoisotopic (exact) mass is 1010 g/mol. The molecular weight excluding hydrogens is 930 g/mol. The molecule has 21 heteroatoms. The molecule has 2 rings (SSSR count). The van der Waals surface area contributed by atoms with Crippen LogP contribution in [0.25, 0.3) is 0 Å². The third kappa shape index (κ3) is 26.0. The summed E-state index contributed by atoms with van der Waals surface area (Å²) in [6.45, 7) is 2.55. The smallest absolute Gasteiger partial charge is 0.462 e. The van der Waals surface area contributed by atoms with E-state index in [0.29, 0.717) is 12.8 Å². The summed E-state index contributed by atoms with van der Waals surface area (Å²) in [6, 6.07) is 0. The van der Waals surface area contributed by atoms with E-state index in [0.717, 1.165) is 57.1 Å². The summed E-state index contributed by atoms with van der Waals surface area (Å²) < 4.78 is 52.1. The summed E-state index contributed by atoms with van der Waals surface area (Å²) in [4.78, 5) is 70.6. The van der Waals surface area contributed by atoms with Crippen LogP contribution in [0.2, 0.25) is 0 Å². The molecule has 396 valence electrons. The number of phosphoric ester groups is 2. The maximum absolute atomic E-state index is 13.9. The first-order valence-corrected chi connectivity index (χ1v) is 28.0. The van der Waals surface area contributed by atoms with E-state index in [9.17, 15) is 68.8 Å². The van der Waals surface area contributed by atoms with Gasteiger partial charge in [-0.1, -0.05) is 147 Å². The van der Waals surface area contributed by atoms with Gasteiger partial charge >= 0.3 is 27.6 Å². The van der Waals surface area contributed by atoms with Crippen molar-refractivity contribution in [3.05, 3.63) is 24.3 Å². The lowest BCUT2D eigenvalue weighted by Crippen LogP contribution is -2.56. The Labute approximate surface area is 402 Å². The van der Waals surface area contributed by atoms with Gasteiger partial charge in [0, 0.05) is 25.2 Å². The number of ether oxygens (including phenoxy) is 2. The topological polar surface area (TPSA) is 314 Å². The number of hydrogen-bond acceptors (Lipinski definition) is 16. The van der Waals surface area contributed by atoms with Crippen molar-refractivity contribution < 1.29 is 91.9 Å². The fraction of sp³-hybridized carbons (Fsp3) is 0.851. The van der Waals surface area contributed by atoms with Crippen LogP contribution in [0.5, 0.6) is 0 Å². The van der Waals surface area contributed by atoms with Crippen molar-refractivity contribution in [1.29, 1.82) is 0 Å². The Morgan fingerprint density at radius 1 is 0.809 bits per heavy atom. The fourth-order valence-electron chi connectivity index (χ4n) is 8.38. The average molecular weight is 1020 g/mol. The molecule has 1 aliphatic carbocycles. The van der Waals surface area contributed by atoms with Crippen LogP contribution in [0.4, 0.5) is 0 Å². The molecule has 0 saturated heterocycles. The molecule has 2 aliphatic rings. The Morgan fingerprint density at radius 3 is 1.97 bits per heavy atom. The Morgan fingerprint density at radius 2 is 1.38 bits per heavy atom. The predicted molar refractivity (Wildman–Crippen MR) is 251 cm³/mol. The minimum Gasteiger partial charge on any atom is -0.462 e. The summed E-state index contributed by atoms with van der Waals surface area (Å²) in [5.41, 5.74) is 0. The minimum absolute atomic E-state index is 0.0319. The second-order valence-electron chi connectivity index (χ2n) is 18.3. The molecule has 1 aliphatic heterocycles. The number of hydrogen-bond donors (Lipinski definition) is 9. The van der Waals surface area contributed by atoms with Gasteiger partial charge in [0.25, 0.3) is 0 Å². The maximum Gasteiger partial charge on any atom is 0.472 e. The normalized spacial score (nSPS) is 30.8. The van der Waals surface area contributed by atoms with Crippen molar-refractivity contribution in [2.45, 2.75) is 229 Å². The molecule has 1 fully saturated rings. The molecule has 1 unspecified atom stereocenters. The quantitative estimate of drug-likeness (QED) is 0.0209. The van der Waals surface area contributed by atoms with E-state index in [-0.39, 0.29) is 38.5 Å². The Hall–Kier alpha value is -1.93. The van der Waals surface area contributed by atoms with Crippen LogP contribution in [0.1, 0.15) is 174 Å². The molecular formula is C47H84O19P2. The highest BCUT2D eigenvalue weighted by molar-refractivity contribution is 7.47. The van der Waals surface area contributed by atoms with Gasteiger partial charge in [-0.25, -0.2) is 9.13 Å². The summed E-state index contributed by atoms with van der Waals surface area (Å²) in [7, 11) is -11.5. The van der Waals surface area contributed by atoms with Crippen LogP contribution >= 0.6 is 15.6 Å². The van der Waals surface area contributed by atoms with Crippen LogP contribution in [-0.2, 0) is 46.6 Å². The molecule has 2 bridgehead atoms. The first-order chi connectivity index (χ1) is 32.3. The molecule has 9 N–H and O–H groups in total. The highest BCUT2D eigenvalue weighted by Crippen LogP contribution is 2.49. The Bertz CT molecular complexity index is 1570. The van der Waals surface area contributed by atoms with Crippen LogP contribution < -0.4 is 0 Å². The molecule has 0 amide bonds. The number of unbranched alkanes of at least 4 members (excludes halogenated alkanes) is 16. The zero-order chi connectivity index (χ0) is 50.5. The summed E-state index contributed by atoms with van der Waals surface area (Å²) in [5, 5.41) is 68.1. The molecule has 0 radical (unpaired) electrons. The number of carbonyl (C=O) groups excluding carboxylic acids is 3. The minimum atomic E-state index is -5.80. The van der Waals surface area contributed by atoms with Crippen molar-refractivity contribution in [3.63, 3.8) is 0 Å². The number of aliphatic hydroxyl groups is 6. The van der Waals surface area contributed by atoms with Crippen molar-refractivity contribution in [2.24, 2.45) is 11.8 Å². The van der Waals surface area contributed by atoms with E-state index in [4.69, 9.17) is 23.0 Å². The molecule has 0 aromatic heterocycles. The van der Waals surface area contributed by atoms with Gasteiger partial charge in [0.15, 0.2) is 6.10 Å². The van der Waals surface area contributed by atoms with Crippen molar-refractivity contribution >= 4 is 33.4 Å². The van der Waals surface area contributed by atoms with Gasteiger partial charge in [-0.3, -0.25) is 28.0 Å². The van der Waals surface area contributed by atoms with Crippen LogP contribution in [0.3, 0.4) is 0 Å². The number of phosphoric acid groups is 2. The zero-order valence-electron chi connectivity index (χ0n) is 40.3. The van der Waals surface area contributed by atoms with E-state index in [1.165, 1.54) is 63.9 Å². The first-order valence-electron chi connectivity index (χ1n) is 25.0. The standard InChI is InChI=1S/C47H84O19P2/c1-3-5-7-8-9-10-11-12-13-14-15-16-17-18-24-28-41(52)64-35-32-62-40(51)27-23-20-19-22-26-36-38(49)31-39(50)37(30-29-34(48)25-21-6-4-2)43(54)46(65-67(57,58)59)47(45(56)44(55)42(36)53)66-68(60,61)63-33-35/h19,22,29-30,34-38,42-49,53-56H,3-18,20-21,23-28,31-33H2,1-2H3,(H,60,61)(H2,57,58,59)/b22-19-,30-29+/t34-,35+,36-,37-,38-,42+,43+,44-,45+,46+,47-/m0/s1. The summed E-state index contributed by atoms with van der Waals surface area (Å²) in [6.07, 6.45) is 4.18. The van der Waals surface area contributed by atoms with Crippen molar-refractivity contribution in [1.82, 2.24) is 0 Å². The average Bonchev–Trinajstić information content (AvgIpc) is 3.28. The van der Waals surface area contributed by atoms with E-state index >= 15 is 0 Å². The zero-order valence-corrected chi connectivity index (χ0v) is 42.0. The lowest BCUT2D eigenvalue weighted by molar-refractivity contribution is -0.165. The van der Waals surface area contributed by atoms with Gasteiger partial charge in [-0.15, -0.1) is 0 Å². The van der Waals surface area contributed by atoms with E-state index in [1.54, 1.807) is 6.08 Å². The number of carbonyl (C=O) groups is 3. The van der Waals surface area contributed by atoms with Gasteiger partial charge in [-0.05, 0) is 32.1 Å².